The Bertz CT molecular complexity index is 528. The van der Waals surface area contributed by atoms with E-state index in [4.69, 9.17) is 0 Å². The summed E-state index contributed by atoms with van der Waals surface area (Å²) < 4.78 is 13.6. The number of hydrogen-bond donors (Lipinski definition) is 1. The van der Waals surface area contributed by atoms with Gasteiger partial charge >= 0.3 is 0 Å². The van der Waals surface area contributed by atoms with Crippen molar-refractivity contribution in [1.82, 2.24) is 5.32 Å². The van der Waals surface area contributed by atoms with Gasteiger partial charge in [0.25, 0.3) is 0 Å². The molecule has 21 heavy (non-hydrogen) atoms. The molecule has 3 heteroatoms. The van der Waals surface area contributed by atoms with E-state index >= 15 is 0 Å². The van der Waals surface area contributed by atoms with E-state index in [0.29, 0.717) is 23.4 Å². The summed E-state index contributed by atoms with van der Waals surface area (Å²) in [5, 5.41) is 3.23. The molecule has 0 spiro atoms. The van der Waals surface area contributed by atoms with Crippen LogP contribution in [0.2, 0.25) is 0 Å². The molecular formula is C18H22FNO. The summed E-state index contributed by atoms with van der Waals surface area (Å²) in [6.07, 6.45) is 6.74. The highest BCUT2D eigenvalue weighted by Crippen LogP contribution is 2.53. The maximum absolute atomic E-state index is 13.6. The molecule has 4 saturated carbocycles. The molecule has 1 amide bonds. The summed E-state index contributed by atoms with van der Waals surface area (Å²) in [5.74, 6) is 2.87. The first-order valence-electron chi connectivity index (χ1n) is 8.22. The highest BCUT2D eigenvalue weighted by atomic mass is 19.1. The van der Waals surface area contributed by atoms with E-state index in [-0.39, 0.29) is 18.1 Å². The Morgan fingerprint density at radius 1 is 1.05 bits per heavy atom. The van der Waals surface area contributed by atoms with Crippen LogP contribution < -0.4 is 5.32 Å². The van der Waals surface area contributed by atoms with Gasteiger partial charge in [-0.15, -0.1) is 0 Å². The molecule has 1 N–H and O–H groups in total. The molecule has 4 aliphatic rings. The second kappa shape index (κ2) is 5.11. The average molecular weight is 287 g/mol. The van der Waals surface area contributed by atoms with Crippen molar-refractivity contribution in [3.05, 3.63) is 35.6 Å². The normalized spacial score (nSPS) is 36.7. The standard InChI is InChI=1S/C18H22FNO/c19-16-4-2-1-3-13(16)10-17(21)20-18-14-6-11-5-12(8-14)9-15(18)7-11/h1-4,11-12,14-15,18H,5-10H2,(H,20,21). The zero-order valence-electron chi connectivity index (χ0n) is 12.2. The van der Waals surface area contributed by atoms with Crippen molar-refractivity contribution in [3.63, 3.8) is 0 Å². The molecule has 4 aliphatic carbocycles. The van der Waals surface area contributed by atoms with Gasteiger partial charge in [-0.2, -0.15) is 0 Å². The van der Waals surface area contributed by atoms with Gasteiger partial charge in [0.1, 0.15) is 5.82 Å². The summed E-state index contributed by atoms with van der Waals surface area (Å²) in [7, 11) is 0. The first kappa shape index (κ1) is 13.3. The van der Waals surface area contributed by atoms with E-state index in [9.17, 15) is 9.18 Å². The van der Waals surface area contributed by atoms with Crippen molar-refractivity contribution in [2.45, 2.75) is 44.6 Å². The molecule has 2 nitrogen and oxygen atoms in total. The van der Waals surface area contributed by atoms with Gasteiger partial charge in [0.15, 0.2) is 0 Å². The fraction of sp³-hybridized carbons (Fsp3) is 0.611. The molecule has 1 aromatic carbocycles. The summed E-state index contributed by atoms with van der Waals surface area (Å²) in [6.45, 7) is 0. The number of benzene rings is 1. The van der Waals surface area contributed by atoms with E-state index < -0.39 is 0 Å². The summed E-state index contributed by atoms with van der Waals surface area (Å²) in [5.41, 5.74) is 0.499. The van der Waals surface area contributed by atoms with E-state index in [0.717, 1.165) is 11.8 Å². The number of carbonyl (C=O) groups excluding carboxylic acids is 1. The van der Waals surface area contributed by atoms with Crippen molar-refractivity contribution in [2.24, 2.45) is 23.7 Å². The smallest absolute Gasteiger partial charge is 0.224 e. The number of amides is 1. The minimum Gasteiger partial charge on any atom is -0.353 e. The SMILES string of the molecule is O=C(Cc1ccccc1F)NC1C2CC3CC(C2)CC1C3. The summed E-state index contributed by atoms with van der Waals surface area (Å²) in [6, 6.07) is 6.91. The third-order valence-electron chi connectivity index (χ3n) is 5.86. The second-order valence-electron chi connectivity index (χ2n) is 7.29. The van der Waals surface area contributed by atoms with Crippen LogP contribution in [0.3, 0.4) is 0 Å². The van der Waals surface area contributed by atoms with Crippen molar-refractivity contribution in [1.29, 1.82) is 0 Å². The lowest BCUT2D eigenvalue weighted by Gasteiger charge is -2.54. The minimum absolute atomic E-state index is 0.0161. The van der Waals surface area contributed by atoms with Crippen LogP contribution in [0.25, 0.3) is 0 Å². The predicted molar refractivity (Wildman–Crippen MR) is 79.1 cm³/mol. The molecule has 0 aliphatic heterocycles. The Kier molecular flexibility index (Phi) is 3.24. The van der Waals surface area contributed by atoms with E-state index in [1.165, 1.54) is 38.2 Å². The van der Waals surface area contributed by atoms with E-state index in [1.54, 1.807) is 18.2 Å². The van der Waals surface area contributed by atoms with Crippen LogP contribution in [0.4, 0.5) is 4.39 Å². The lowest BCUT2D eigenvalue weighted by Crippen LogP contribution is -2.56. The highest BCUT2D eigenvalue weighted by molar-refractivity contribution is 5.79. The van der Waals surface area contributed by atoms with Crippen LogP contribution in [0.15, 0.2) is 24.3 Å². The topological polar surface area (TPSA) is 29.1 Å². The maximum atomic E-state index is 13.6. The number of hydrogen-bond acceptors (Lipinski definition) is 1. The number of carbonyl (C=O) groups is 1. The second-order valence-corrected chi connectivity index (χ2v) is 7.29. The van der Waals surface area contributed by atoms with Crippen LogP contribution in [-0.2, 0) is 11.2 Å². The maximum Gasteiger partial charge on any atom is 0.224 e. The summed E-state index contributed by atoms with van der Waals surface area (Å²) in [4.78, 5) is 12.3. The Labute approximate surface area is 125 Å². The number of halogens is 1. The monoisotopic (exact) mass is 287 g/mol. The molecule has 0 radical (unpaired) electrons. The largest absolute Gasteiger partial charge is 0.353 e. The summed E-state index contributed by atoms with van der Waals surface area (Å²) >= 11 is 0. The van der Waals surface area contributed by atoms with Gasteiger partial charge in [-0.1, -0.05) is 18.2 Å². The fourth-order valence-electron chi connectivity index (χ4n) is 5.21. The molecule has 4 bridgehead atoms. The Balaban J connectivity index is 1.42. The first-order valence-corrected chi connectivity index (χ1v) is 8.22. The van der Waals surface area contributed by atoms with Crippen LogP contribution in [-0.4, -0.2) is 11.9 Å². The van der Waals surface area contributed by atoms with Gasteiger partial charge in [0.05, 0.1) is 6.42 Å². The minimum atomic E-state index is -0.280. The number of rotatable bonds is 3. The van der Waals surface area contributed by atoms with Crippen molar-refractivity contribution in [3.8, 4) is 0 Å². The van der Waals surface area contributed by atoms with Gasteiger partial charge in [-0.05, 0) is 67.4 Å². The molecule has 0 aromatic heterocycles. The van der Waals surface area contributed by atoms with Crippen LogP contribution in [0.1, 0.15) is 37.7 Å². The molecule has 0 saturated heterocycles. The Hall–Kier alpha value is -1.38. The van der Waals surface area contributed by atoms with E-state index in [2.05, 4.69) is 5.32 Å². The average Bonchev–Trinajstić information content (AvgIpc) is 2.44. The third-order valence-corrected chi connectivity index (χ3v) is 5.86. The Morgan fingerprint density at radius 2 is 1.67 bits per heavy atom. The number of nitrogens with one attached hydrogen (secondary N) is 1. The van der Waals surface area contributed by atoms with Gasteiger partial charge < -0.3 is 5.32 Å². The highest BCUT2D eigenvalue weighted by Gasteiger charge is 2.48. The molecule has 5 rings (SSSR count). The molecule has 0 heterocycles. The quantitative estimate of drug-likeness (QED) is 0.908. The van der Waals surface area contributed by atoms with Crippen molar-refractivity contribution >= 4 is 5.91 Å². The molecule has 4 fully saturated rings. The van der Waals surface area contributed by atoms with Crippen molar-refractivity contribution < 1.29 is 9.18 Å². The van der Waals surface area contributed by atoms with Gasteiger partial charge in [-0.25, -0.2) is 4.39 Å². The molecule has 0 atom stereocenters. The van der Waals surface area contributed by atoms with Crippen LogP contribution in [0.5, 0.6) is 0 Å². The fourth-order valence-corrected chi connectivity index (χ4v) is 5.21. The van der Waals surface area contributed by atoms with Gasteiger partial charge in [0, 0.05) is 6.04 Å². The lowest BCUT2D eigenvalue weighted by atomic mass is 9.54. The predicted octanol–water partition coefficient (Wildman–Crippen LogP) is 3.31. The zero-order chi connectivity index (χ0) is 14.4. The molecule has 0 unspecified atom stereocenters. The van der Waals surface area contributed by atoms with Gasteiger partial charge in [-0.3, -0.25) is 4.79 Å². The molecular weight excluding hydrogens is 265 g/mol. The molecule has 112 valence electrons. The molecule has 1 aromatic rings. The lowest BCUT2D eigenvalue weighted by molar-refractivity contribution is -0.124. The van der Waals surface area contributed by atoms with Crippen molar-refractivity contribution in [2.75, 3.05) is 0 Å². The van der Waals surface area contributed by atoms with Gasteiger partial charge in [0.2, 0.25) is 5.91 Å². The first-order chi connectivity index (χ1) is 10.2. The Morgan fingerprint density at radius 3 is 2.29 bits per heavy atom. The van der Waals surface area contributed by atoms with E-state index in [1.807, 2.05) is 0 Å². The third kappa shape index (κ3) is 2.47. The van der Waals surface area contributed by atoms with Crippen LogP contribution >= 0.6 is 0 Å². The zero-order valence-corrected chi connectivity index (χ0v) is 12.2. The van der Waals surface area contributed by atoms with Crippen LogP contribution in [0, 0.1) is 29.5 Å².